The van der Waals surface area contributed by atoms with Gasteiger partial charge in [-0.15, -0.1) is 0 Å². The first-order valence-electron chi connectivity index (χ1n) is 5.91. The van der Waals surface area contributed by atoms with Crippen LogP contribution in [-0.4, -0.2) is 15.3 Å². The molecule has 2 aromatic rings. The fourth-order valence-corrected chi connectivity index (χ4v) is 1.86. The second-order valence-corrected chi connectivity index (χ2v) is 4.10. The number of hydroxylamine groups is 2. The van der Waals surface area contributed by atoms with Gasteiger partial charge in [0, 0.05) is 11.8 Å². The van der Waals surface area contributed by atoms with Gasteiger partial charge >= 0.3 is 0 Å². The second kappa shape index (κ2) is 4.99. The first-order valence-corrected chi connectivity index (χ1v) is 5.91. The zero-order chi connectivity index (χ0) is 13.1. The van der Waals surface area contributed by atoms with Crippen molar-refractivity contribution in [2.45, 2.75) is 6.17 Å². The molecule has 1 aromatic carbocycles. The molecule has 0 aliphatic carbocycles. The van der Waals surface area contributed by atoms with E-state index in [0.717, 1.165) is 10.6 Å². The maximum Gasteiger partial charge on any atom is 0.207 e. The van der Waals surface area contributed by atoms with E-state index in [9.17, 15) is 5.21 Å². The van der Waals surface area contributed by atoms with Crippen LogP contribution >= 0.6 is 0 Å². The van der Waals surface area contributed by atoms with Gasteiger partial charge in [0.2, 0.25) is 6.17 Å². The lowest BCUT2D eigenvalue weighted by molar-refractivity contribution is -0.0833. The molecule has 1 atom stereocenters. The van der Waals surface area contributed by atoms with Crippen LogP contribution in [0, 0.1) is 0 Å². The summed E-state index contributed by atoms with van der Waals surface area (Å²) in [6.07, 6.45) is 2.63. The largest absolute Gasteiger partial charge is 0.286 e. The summed E-state index contributed by atoms with van der Waals surface area (Å²) in [5.41, 5.74) is 2.18. The molecule has 2 heterocycles. The molecule has 0 amide bonds. The van der Waals surface area contributed by atoms with Crippen molar-refractivity contribution < 1.29 is 5.21 Å². The predicted molar refractivity (Wildman–Crippen MR) is 69.9 cm³/mol. The van der Waals surface area contributed by atoms with Crippen molar-refractivity contribution in [2.75, 3.05) is 0 Å². The fraction of sp³-hybridized carbons (Fsp3) is 0.0714. The molecular weight excluding hydrogens is 240 g/mol. The van der Waals surface area contributed by atoms with Gasteiger partial charge in [-0.2, -0.15) is 10.2 Å². The standard InChI is InChI=1S/C14H12N4O/c19-18-10-13(11-6-2-1-3-7-11)16-17-14(18)12-8-4-5-9-15-12/h1-10,14,19H/t14-/m1/s1. The van der Waals surface area contributed by atoms with E-state index in [-0.39, 0.29) is 0 Å². The zero-order valence-corrected chi connectivity index (χ0v) is 10.1. The SMILES string of the molecule is ON1C=C(c2ccccc2)N=N[C@H]1c1ccccn1. The molecule has 1 aliphatic heterocycles. The van der Waals surface area contributed by atoms with Crippen LogP contribution in [0.3, 0.4) is 0 Å². The van der Waals surface area contributed by atoms with E-state index in [4.69, 9.17) is 0 Å². The molecule has 0 spiro atoms. The maximum absolute atomic E-state index is 10.0. The van der Waals surface area contributed by atoms with Crippen molar-refractivity contribution in [3.8, 4) is 0 Å². The Balaban J connectivity index is 1.87. The number of nitrogens with zero attached hydrogens (tertiary/aromatic N) is 4. The van der Waals surface area contributed by atoms with Crippen LogP contribution in [0.1, 0.15) is 17.4 Å². The number of benzene rings is 1. The van der Waals surface area contributed by atoms with E-state index in [1.165, 1.54) is 0 Å². The summed E-state index contributed by atoms with van der Waals surface area (Å²) in [6.45, 7) is 0. The quantitative estimate of drug-likeness (QED) is 0.892. The highest BCUT2D eigenvalue weighted by molar-refractivity contribution is 5.64. The molecule has 0 bridgehead atoms. The summed E-state index contributed by atoms with van der Waals surface area (Å²) < 4.78 is 0. The highest BCUT2D eigenvalue weighted by Crippen LogP contribution is 2.28. The van der Waals surface area contributed by atoms with Crippen LogP contribution in [0.2, 0.25) is 0 Å². The number of rotatable bonds is 2. The Bertz CT molecular complexity index is 610. The predicted octanol–water partition coefficient (Wildman–Crippen LogP) is 3.24. The molecule has 5 nitrogen and oxygen atoms in total. The highest BCUT2D eigenvalue weighted by Gasteiger charge is 2.21. The van der Waals surface area contributed by atoms with Crippen molar-refractivity contribution in [1.82, 2.24) is 10.0 Å². The molecule has 1 aromatic heterocycles. The minimum atomic E-state index is -0.589. The number of hydrogen-bond acceptors (Lipinski definition) is 5. The molecule has 1 aliphatic rings. The van der Waals surface area contributed by atoms with Crippen LogP contribution in [0.15, 0.2) is 71.2 Å². The van der Waals surface area contributed by atoms with Gasteiger partial charge < -0.3 is 0 Å². The van der Waals surface area contributed by atoms with Crippen LogP contribution in [0.25, 0.3) is 5.70 Å². The van der Waals surface area contributed by atoms with Gasteiger partial charge in [-0.1, -0.05) is 36.4 Å². The molecule has 3 rings (SSSR count). The smallest absolute Gasteiger partial charge is 0.207 e. The van der Waals surface area contributed by atoms with Crippen molar-refractivity contribution in [2.24, 2.45) is 10.2 Å². The lowest BCUT2D eigenvalue weighted by atomic mass is 10.1. The van der Waals surface area contributed by atoms with E-state index in [0.29, 0.717) is 11.4 Å². The van der Waals surface area contributed by atoms with Crippen molar-refractivity contribution in [3.63, 3.8) is 0 Å². The Kier molecular flexibility index (Phi) is 3.04. The average Bonchev–Trinajstić information content (AvgIpc) is 2.49. The minimum absolute atomic E-state index is 0.589. The summed E-state index contributed by atoms with van der Waals surface area (Å²) in [5, 5.41) is 19.3. The Morgan fingerprint density at radius 2 is 1.79 bits per heavy atom. The van der Waals surface area contributed by atoms with E-state index in [1.807, 2.05) is 42.5 Å². The topological polar surface area (TPSA) is 61.1 Å². The third-order valence-corrected chi connectivity index (χ3v) is 2.80. The third-order valence-electron chi connectivity index (χ3n) is 2.80. The third kappa shape index (κ3) is 2.36. The first-order chi connectivity index (χ1) is 9.34. The number of aromatic nitrogens is 1. The molecule has 5 heteroatoms. The van der Waals surface area contributed by atoms with Gasteiger partial charge in [-0.3, -0.25) is 10.2 Å². The molecule has 0 radical (unpaired) electrons. The highest BCUT2D eigenvalue weighted by atomic mass is 16.5. The summed E-state index contributed by atoms with van der Waals surface area (Å²) in [4.78, 5) is 4.17. The fourth-order valence-electron chi connectivity index (χ4n) is 1.86. The second-order valence-electron chi connectivity index (χ2n) is 4.10. The van der Waals surface area contributed by atoms with Crippen LogP contribution in [-0.2, 0) is 0 Å². The minimum Gasteiger partial charge on any atom is -0.286 e. The van der Waals surface area contributed by atoms with Crippen molar-refractivity contribution in [1.29, 1.82) is 0 Å². The Labute approximate surface area is 110 Å². The Hall–Kier alpha value is -2.53. The van der Waals surface area contributed by atoms with Crippen molar-refractivity contribution >= 4 is 5.70 Å². The van der Waals surface area contributed by atoms with E-state index < -0.39 is 6.17 Å². The molecule has 0 unspecified atom stereocenters. The lowest BCUT2D eigenvalue weighted by Crippen LogP contribution is -2.21. The molecule has 0 fully saturated rings. The normalized spacial score (nSPS) is 18.3. The Morgan fingerprint density at radius 1 is 1.00 bits per heavy atom. The first kappa shape index (κ1) is 11.6. The molecule has 94 valence electrons. The summed E-state index contributed by atoms with van der Waals surface area (Å²) in [7, 11) is 0. The van der Waals surface area contributed by atoms with E-state index in [1.54, 1.807) is 18.5 Å². The maximum atomic E-state index is 10.0. The Morgan fingerprint density at radius 3 is 2.47 bits per heavy atom. The molecular formula is C14H12N4O. The van der Waals surface area contributed by atoms with Gasteiger partial charge in [0.1, 0.15) is 5.70 Å². The summed E-state index contributed by atoms with van der Waals surface area (Å²) >= 11 is 0. The van der Waals surface area contributed by atoms with Crippen molar-refractivity contribution in [3.05, 3.63) is 72.2 Å². The van der Waals surface area contributed by atoms with Gasteiger partial charge in [0.15, 0.2) is 0 Å². The number of hydrogen-bond donors (Lipinski definition) is 1. The van der Waals surface area contributed by atoms with Crippen LogP contribution in [0.5, 0.6) is 0 Å². The van der Waals surface area contributed by atoms with E-state index >= 15 is 0 Å². The van der Waals surface area contributed by atoms with Gasteiger partial charge in [-0.05, 0) is 12.1 Å². The lowest BCUT2D eigenvalue weighted by Gasteiger charge is -2.23. The van der Waals surface area contributed by atoms with Gasteiger partial charge in [0.25, 0.3) is 0 Å². The van der Waals surface area contributed by atoms with Gasteiger partial charge in [-0.25, -0.2) is 5.06 Å². The molecule has 0 saturated carbocycles. The molecule has 1 N–H and O–H groups in total. The summed E-state index contributed by atoms with van der Waals surface area (Å²) in [5.74, 6) is 0. The monoisotopic (exact) mass is 252 g/mol. The average molecular weight is 252 g/mol. The number of azo groups is 1. The van der Waals surface area contributed by atoms with E-state index in [2.05, 4.69) is 15.2 Å². The van der Waals surface area contributed by atoms with Crippen LogP contribution in [0.4, 0.5) is 0 Å². The molecule has 19 heavy (non-hydrogen) atoms. The molecule has 0 saturated heterocycles. The zero-order valence-electron chi connectivity index (χ0n) is 10.1. The number of pyridine rings is 1. The van der Waals surface area contributed by atoms with Crippen LogP contribution < -0.4 is 0 Å². The summed E-state index contributed by atoms with van der Waals surface area (Å²) in [6, 6.07) is 15.1. The van der Waals surface area contributed by atoms with Gasteiger partial charge in [0.05, 0.1) is 11.9 Å².